The maximum Gasteiger partial charge on any atom is 0.429 e. The average molecular weight is 374 g/mol. The molecule has 0 aromatic carbocycles. The Labute approximate surface area is 141 Å². The van der Waals surface area contributed by atoms with Gasteiger partial charge in [-0.05, 0) is 80.5 Å². The van der Waals surface area contributed by atoms with Gasteiger partial charge in [-0.1, -0.05) is 0 Å². The summed E-state index contributed by atoms with van der Waals surface area (Å²) in [6, 6.07) is 0. The van der Waals surface area contributed by atoms with Crippen LogP contribution in [0.4, 0.5) is 30.7 Å². The van der Waals surface area contributed by atoms with Gasteiger partial charge >= 0.3 is 12.4 Å². The Morgan fingerprint density at radius 1 is 0.680 bits per heavy atom. The lowest BCUT2D eigenvalue weighted by molar-refractivity contribution is -0.422. The van der Waals surface area contributed by atoms with Crippen LogP contribution >= 0.6 is 0 Å². The highest BCUT2D eigenvalue weighted by atomic mass is 19.4. The molecule has 0 aliphatic heterocycles. The van der Waals surface area contributed by atoms with Crippen molar-refractivity contribution in [2.45, 2.75) is 68.6 Å². The third kappa shape index (κ3) is 2.06. The van der Waals surface area contributed by atoms with Gasteiger partial charge in [-0.2, -0.15) is 26.3 Å². The van der Waals surface area contributed by atoms with Gasteiger partial charge in [0, 0.05) is 0 Å². The minimum absolute atomic E-state index is 0.0000231. The van der Waals surface area contributed by atoms with Gasteiger partial charge in [0.05, 0.1) is 0 Å². The number of hydrogen-bond acceptors (Lipinski definition) is 1. The molecule has 0 aromatic heterocycles. The summed E-state index contributed by atoms with van der Waals surface area (Å²) in [5, 5.41) is 9.83. The zero-order valence-corrected chi connectivity index (χ0v) is 13.5. The van der Waals surface area contributed by atoms with E-state index in [1.165, 1.54) is 0 Å². The van der Waals surface area contributed by atoms with Crippen LogP contribution < -0.4 is 0 Å². The monoisotopic (exact) mass is 374 g/mol. The molecule has 0 heterocycles. The Kier molecular flexibility index (Phi) is 3.60. The zero-order chi connectivity index (χ0) is 18.4. The standard InChI is InChI=1S/C17H21F7O/c18-14(15(25,16(19,20)21)17(22,23)24)7-10-5-6-11(14)13-9-3-1-8(2-4-9)12(10)13/h8-13,25H,1-7H2. The van der Waals surface area contributed by atoms with Gasteiger partial charge in [0.2, 0.25) is 0 Å². The molecule has 6 saturated carbocycles. The van der Waals surface area contributed by atoms with E-state index in [2.05, 4.69) is 0 Å². The third-order valence-corrected chi connectivity index (χ3v) is 7.78. The molecule has 5 atom stereocenters. The molecule has 4 bridgehead atoms. The van der Waals surface area contributed by atoms with Crippen molar-refractivity contribution < 1.29 is 35.8 Å². The Morgan fingerprint density at radius 2 is 1.12 bits per heavy atom. The number of hydrogen-bond donors (Lipinski definition) is 1. The van der Waals surface area contributed by atoms with Crippen molar-refractivity contribution >= 4 is 0 Å². The van der Waals surface area contributed by atoms with E-state index in [0.717, 1.165) is 25.7 Å². The maximum atomic E-state index is 15.7. The fraction of sp³-hybridized carbons (Fsp3) is 1.00. The van der Waals surface area contributed by atoms with Crippen LogP contribution in [0.15, 0.2) is 0 Å². The number of alkyl halides is 7. The summed E-state index contributed by atoms with van der Waals surface area (Å²) in [6.45, 7) is 0. The minimum atomic E-state index is -6.10. The number of aliphatic hydroxyl groups is 1. The van der Waals surface area contributed by atoms with Gasteiger partial charge in [-0.3, -0.25) is 0 Å². The molecule has 1 nitrogen and oxygen atoms in total. The predicted molar refractivity (Wildman–Crippen MR) is 74.2 cm³/mol. The molecule has 0 aromatic rings. The molecule has 5 unspecified atom stereocenters. The normalized spacial score (nSPS) is 47.0. The molecule has 6 rings (SSSR count). The van der Waals surface area contributed by atoms with Gasteiger partial charge in [0.1, 0.15) is 0 Å². The highest BCUT2D eigenvalue weighted by Crippen LogP contribution is 2.70. The molecule has 6 aliphatic carbocycles. The van der Waals surface area contributed by atoms with Crippen molar-refractivity contribution in [3.63, 3.8) is 0 Å². The lowest BCUT2D eigenvalue weighted by Crippen LogP contribution is -2.76. The smallest absolute Gasteiger partial charge is 0.371 e. The van der Waals surface area contributed by atoms with Gasteiger partial charge in [-0.15, -0.1) is 0 Å². The molecule has 0 amide bonds. The van der Waals surface area contributed by atoms with Crippen molar-refractivity contribution in [1.82, 2.24) is 0 Å². The first kappa shape index (κ1) is 17.9. The molecule has 1 N–H and O–H groups in total. The Balaban J connectivity index is 1.80. The quantitative estimate of drug-likeness (QED) is 0.638. The highest BCUT2D eigenvalue weighted by molar-refractivity contribution is 5.20. The summed E-state index contributed by atoms with van der Waals surface area (Å²) in [5.74, 6) is -2.02. The van der Waals surface area contributed by atoms with Gasteiger partial charge in [0.25, 0.3) is 5.60 Å². The van der Waals surface area contributed by atoms with Crippen molar-refractivity contribution in [3.8, 4) is 0 Å². The molecule has 8 heteroatoms. The molecule has 144 valence electrons. The Bertz CT molecular complexity index is 534. The first-order valence-electron chi connectivity index (χ1n) is 8.96. The fourth-order valence-corrected chi connectivity index (χ4v) is 6.97. The predicted octanol–water partition coefficient (Wildman–Crippen LogP) is 5.03. The molecule has 6 fully saturated rings. The SMILES string of the molecule is OC(C(F)(F)F)(C(F)(F)F)C1(F)CC2CCC1C1C3CCC(CC3)C21. The molecule has 0 spiro atoms. The third-order valence-electron chi connectivity index (χ3n) is 7.78. The summed E-state index contributed by atoms with van der Waals surface area (Å²) in [7, 11) is 0. The van der Waals surface area contributed by atoms with Crippen LogP contribution in [0.25, 0.3) is 0 Å². The first-order chi connectivity index (χ1) is 11.4. The van der Waals surface area contributed by atoms with E-state index in [4.69, 9.17) is 0 Å². The van der Waals surface area contributed by atoms with E-state index in [-0.39, 0.29) is 24.2 Å². The van der Waals surface area contributed by atoms with Crippen molar-refractivity contribution in [3.05, 3.63) is 0 Å². The summed E-state index contributed by atoms with van der Waals surface area (Å²) in [4.78, 5) is 0. The first-order valence-corrected chi connectivity index (χ1v) is 8.96. The fourth-order valence-electron chi connectivity index (χ4n) is 6.97. The largest absolute Gasteiger partial charge is 0.429 e. The van der Waals surface area contributed by atoms with Crippen LogP contribution in [0.2, 0.25) is 0 Å². The van der Waals surface area contributed by atoms with E-state index in [9.17, 15) is 31.4 Å². The van der Waals surface area contributed by atoms with Crippen LogP contribution in [0.1, 0.15) is 44.9 Å². The van der Waals surface area contributed by atoms with Crippen molar-refractivity contribution in [1.29, 1.82) is 0 Å². The van der Waals surface area contributed by atoms with E-state index >= 15 is 4.39 Å². The van der Waals surface area contributed by atoms with Crippen LogP contribution in [0, 0.1) is 35.5 Å². The van der Waals surface area contributed by atoms with E-state index in [0.29, 0.717) is 6.42 Å². The van der Waals surface area contributed by atoms with E-state index in [1.54, 1.807) is 0 Å². The summed E-state index contributed by atoms with van der Waals surface area (Å²) in [6.07, 6.45) is -9.18. The van der Waals surface area contributed by atoms with E-state index in [1.807, 2.05) is 0 Å². The van der Waals surface area contributed by atoms with Crippen LogP contribution in [-0.2, 0) is 0 Å². The second-order valence-corrected chi connectivity index (χ2v) is 8.55. The zero-order valence-electron chi connectivity index (χ0n) is 13.5. The highest BCUT2D eigenvalue weighted by Gasteiger charge is 2.84. The molecule has 0 saturated heterocycles. The molecular formula is C17H21F7O. The minimum Gasteiger partial charge on any atom is -0.371 e. The van der Waals surface area contributed by atoms with Gasteiger partial charge in [-0.25, -0.2) is 4.39 Å². The van der Waals surface area contributed by atoms with Crippen LogP contribution in [0.3, 0.4) is 0 Å². The van der Waals surface area contributed by atoms with Crippen LogP contribution in [-0.4, -0.2) is 28.7 Å². The van der Waals surface area contributed by atoms with Gasteiger partial charge in [0.15, 0.2) is 5.67 Å². The molecule has 25 heavy (non-hydrogen) atoms. The second-order valence-electron chi connectivity index (χ2n) is 8.55. The Morgan fingerprint density at radius 3 is 1.60 bits per heavy atom. The molecule has 0 radical (unpaired) electrons. The lowest BCUT2D eigenvalue weighted by atomic mass is 9.41. The topological polar surface area (TPSA) is 20.2 Å². The van der Waals surface area contributed by atoms with Crippen LogP contribution in [0.5, 0.6) is 0 Å². The summed E-state index contributed by atoms with van der Waals surface area (Å²) < 4.78 is 95.9. The number of rotatable bonds is 1. The summed E-state index contributed by atoms with van der Waals surface area (Å²) >= 11 is 0. The van der Waals surface area contributed by atoms with Gasteiger partial charge < -0.3 is 5.11 Å². The molecule has 6 aliphatic rings. The maximum absolute atomic E-state index is 15.7. The number of fused-ring (bicyclic) bond motifs is 4. The number of halogens is 7. The molecular weight excluding hydrogens is 353 g/mol. The van der Waals surface area contributed by atoms with Crippen molar-refractivity contribution in [2.24, 2.45) is 35.5 Å². The van der Waals surface area contributed by atoms with Crippen molar-refractivity contribution in [2.75, 3.05) is 0 Å². The Hall–Kier alpha value is -0.530. The van der Waals surface area contributed by atoms with E-state index < -0.39 is 47.8 Å². The average Bonchev–Trinajstić information content (AvgIpc) is 2.53. The summed E-state index contributed by atoms with van der Waals surface area (Å²) in [5.41, 5.74) is -8.98. The second kappa shape index (κ2) is 5.04. The lowest BCUT2D eigenvalue weighted by Gasteiger charge is -2.66.